The molecule has 0 fully saturated rings. The number of ether oxygens (including phenoxy) is 1. The van der Waals surface area contributed by atoms with E-state index >= 15 is 0 Å². The predicted octanol–water partition coefficient (Wildman–Crippen LogP) is 2.72. The fraction of sp³-hybridized carbons (Fsp3) is 0.364. The Morgan fingerprint density at radius 1 is 1.47 bits per heavy atom. The lowest BCUT2D eigenvalue weighted by Crippen LogP contribution is -2.25. The van der Waals surface area contributed by atoms with Crippen molar-refractivity contribution in [2.75, 3.05) is 19.4 Å². The summed E-state index contributed by atoms with van der Waals surface area (Å²) in [6.07, 6.45) is 0.827. The number of nitrogens with one attached hydrogen (secondary N) is 1. The zero-order valence-corrected chi connectivity index (χ0v) is 11.2. The minimum Gasteiger partial charge on any atom is -0.493 e. The molecule has 6 heteroatoms. The highest BCUT2D eigenvalue weighted by Gasteiger charge is 2.20. The van der Waals surface area contributed by atoms with Gasteiger partial charge in [0.25, 0.3) is 5.91 Å². The van der Waals surface area contributed by atoms with Crippen molar-refractivity contribution in [1.82, 2.24) is 5.32 Å². The fourth-order valence-electron chi connectivity index (χ4n) is 1.38. The zero-order valence-electron chi connectivity index (χ0n) is 9.64. The Kier molecular flexibility index (Phi) is 4.90. The molecule has 0 aromatic heterocycles. The monoisotopic (exact) mass is 276 g/mol. The third-order valence-corrected chi connectivity index (χ3v) is 2.77. The number of nitrogens with two attached hydrogens (primary N) is 1. The lowest BCUT2D eigenvalue weighted by molar-refractivity contribution is 0.0954. The third kappa shape index (κ3) is 2.96. The first-order valence-electron chi connectivity index (χ1n) is 5.12. The van der Waals surface area contributed by atoms with Gasteiger partial charge in [0, 0.05) is 6.54 Å². The molecule has 1 amide bonds. The van der Waals surface area contributed by atoms with Crippen LogP contribution in [-0.2, 0) is 0 Å². The highest BCUT2D eigenvalue weighted by atomic mass is 35.5. The van der Waals surface area contributed by atoms with E-state index in [9.17, 15) is 4.79 Å². The van der Waals surface area contributed by atoms with Crippen LogP contribution in [0.3, 0.4) is 0 Å². The average Bonchev–Trinajstić information content (AvgIpc) is 2.26. The van der Waals surface area contributed by atoms with Gasteiger partial charge in [0.2, 0.25) is 0 Å². The molecule has 94 valence electrons. The first-order valence-corrected chi connectivity index (χ1v) is 5.88. The number of carbonyl (C=O) groups is 1. The zero-order chi connectivity index (χ0) is 13.0. The van der Waals surface area contributed by atoms with Crippen molar-refractivity contribution < 1.29 is 9.53 Å². The number of anilines is 1. The van der Waals surface area contributed by atoms with Crippen molar-refractivity contribution in [2.24, 2.45) is 0 Å². The summed E-state index contributed by atoms with van der Waals surface area (Å²) in [6.45, 7) is 2.51. The van der Waals surface area contributed by atoms with Gasteiger partial charge in [0.05, 0.1) is 28.4 Å². The van der Waals surface area contributed by atoms with E-state index in [1.54, 1.807) is 0 Å². The molecule has 0 unspecified atom stereocenters. The van der Waals surface area contributed by atoms with Gasteiger partial charge >= 0.3 is 0 Å². The van der Waals surface area contributed by atoms with Crippen LogP contribution in [0.15, 0.2) is 6.07 Å². The minimum absolute atomic E-state index is 0.151. The van der Waals surface area contributed by atoms with Gasteiger partial charge in [-0.15, -0.1) is 0 Å². The van der Waals surface area contributed by atoms with Crippen molar-refractivity contribution in [1.29, 1.82) is 0 Å². The lowest BCUT2D eigenvalue weighted by atomic mass is 10.1. The Bertz CT molecular complexity index is 436. The molecule has 0 radical (unpaired) electrons. The van der Waals surface area contributed by atoms with Crippen molar-refractivity contribution in [3.63, 3.8) is 0 Å². The summed E-state index contributed by atoms with van der Waals surface area (Å²) in [5.74, 6) is -0.0676. The van der Waals surface area contributed by atoms with Crippen LogP contribution < -0.4 is 15.8 Å². The Morgan fingerprint density at radius 2 is 2.12 bits per heavy atom. The second-order valence-electron chi connectivity index (χ2n) is 3.42. The van der Waals surface area contributed by atoms with E-state index in [4.69, 9.17) is 33.7 Å². The number of methoxy groups -OCH3 is 1. The number of carbonyl (C=O) groups excluding carboxylic acids is 1. The molecule has 0 heterocycles. The number of rotatable bonds is 4. The van der Waals surface area contributed by atoms with Crippen LogP contribution >= 0.6 is 23.2 Å². The maximum atomic E-state index is 11.9. The van der Waals surface area contributed by atoms with Gasteiger partial charge in [-0.2, -0.15) is 0 Å². The first-order chi connectivity index (χ1) is 8.02. The summed E-state index contributed by atoms with van der Waals surface area (Å²) in [5, 5.41) is 3.19. The lowest BCUT2D eigenvalue weighted by Gasteiger charge is -2.13. The van der Waals surface area contributed by atoms with Gasteiger partial charge in [-0.3, -0.25) is 4.79 Å². The fourth-order valence-corrected chi connectivity index (χ4v) is 2.03. The van der Waals surface area contributed by atoms with Gasteiger partial charge in [-0.1, -0.05) is 30.1 Å². The van der Waals surface area contributed by atoms with Gasteiger partial charge in [0.1, 0.15) is 0 Å². The van der Waals surface area contributed by atoms with Crippen LogP contribution in [0.1, 0.15) is 23.7 Å². The quantitative estimate of drug-likeness (QED) is 0.832. The molecule has 1 rings (SSSR count). The van der Waals surface area contributed by atoms with Gasteiger partial charge < -0.3 is 15.8 Å². The number of hydrogen-bond acceptors (Lipinski definition) is 3. The van der Waals surface area contributed by atoms with Crippen LogP contribution in [0.25, 0.3) is 0 Å². The number of halogens is 2. The Labute approximate surface area is 110 Å². The Morgan fingerprint density at radius 3 is 2.65 bits per heavy atom. The summed E-state index contributed by atoms with van der Waals surface area (Å²) >= 11 is 11.9. The van der Waals surface area contributed by atoms with Crippen molar-refractivity contribution >= 4 is 34.8 Å². The Hall–Kier alpha value is -1.13. The number of benzene rings is 1. The van der Waals surface area contributed by atoms with Gasteiger partial charge in [-0.05, 0) is 12.5 Å². The molecule has 1 aromatic rings. The molecule has 3 N–H and O–H groups in total. The molecule has 4 nitrogen and oxygen atoms in total. The van der Waals surface area contributed by atoms with E-state index in [1.165, 1.54) is 13.2 Å². The Balaban J connectivity index is 3.19. The van der Waals surface area contributed by atoms with E-state index < -0.39 is 0 Å². The maximum absolute atomic E-state index is 11.9. The predicted molar refractivity (Wildman–Crippen MR) is 70.1 cm³/mol. The SMILES string of the molecule is CCCNC(=O)c1c(Cl)cc(Cl)c(OC)c1N. The van der Waals surface area contributed by atoms with Crippen LogP contribution in [0.2, 0.25) is 10.0 Å². The second-order valence-corrected chi connectivity index (χ2v) is 4.23. The molecule has 0 aliphatic carbocycles. The molecule has 1 aromatic carbocycles. The van der Waals surface area contributed by atoms with E-state index in [1.807, 2.05) is 6.92 Å². The third-order valence-electron chi connectivity index (χ3n) is 2.19. The van der Waals surface area contributed by atoms with Gasteiger partial charge in [0.15, 0.2) is 5.75 Å². The molecule has 0 bridgehead atoms. The molecule has 17 heavy (non-hydrogen) atoms. The summed E-state index contributed by atoms with van der Waals surface area (Å²) < 4.78 is 5.03. The van der Waals surface area contributed by atoms with Crippen LogP contribution in [0, 0.1) is 0 Å². The highest BCUT2D eigenvalue weighted by molar-refractivity contribution is 6.38. The topological polar surface area (TPSA) is 64.3 Å². The summed E-state index contributed by atoms with van der Waals surface area (Å²) in [4.78, 5) is 11.9. The van der Waals surface area contributed by atoms with Crippen molar-refractivity contribution in [3.8, 4) is 5.75 Å². The number of nitrogen functional groups attached to an aromatic ring is 1. The molecule has 0 spiro atoms. The normalized spacial score (nSPS) is 10.1. The summed E-state index contributed by atoms with van der Waals surface area (Å²) in [7, 11) is 1.43. The van der Waals surface area contributed by atoms with Gasteiger partial charge in [-0.25, -0.2) is 0 Å². The largest absolute Gasteiger partial charge is 0.493 e. The second kappa shape index (κ2) is 5.98. The number of amides is 1. The maximum Gasteiger partial charge on any atom is 0.255 e. The summed E-state index contributed by atoms with van der Waals surface area (Å²) in [5.41, 5.74) is 6.16. The standard InChI is InChI=1S/C11H14Cl2N2O2/c1-3-4-15-11(16)8-6(12)5-7(13)10(17-2)9(8)14/h5H,3-4,14H2,1-2H3,(H,15,16). The molecule has 0 aliphatic rings. The van der Waals surface area contributed by atoms with Crippen LogP contribution in [-0.4, -0.2) is 19.6 Å². The van der Waals surface area contributed by atoms with Crippen molar-refractivity contribution in [2.45, 2.75) is 13.3 Å². The molecule has 0 atom stereocenters. The number of hydrogen-bond donors (Lipinski definition) is 2. The average molecular weight is 277 g/mol. The molecule has 0 saturated carbocycles. The van der Waals surface area contributed by atoms with Crippen molar-refractivity contribution in [3.05, 3.63) is 21.7 Å². The van der Waals surface area contributed by atoms with Crippen LogP contribution in [0.4, 0.5) is 5.69 Å². The molecule has 0 saturated heterocycles. The molecule has 0 aliphatic heterocycles. The van der Waals surface area contributed by atoms with E-state index in [0.29, 0.717) is 6.54 Å². The molecular weight excluding hydrogens is 263 g/mol. The first kappa shape index (κ1) is 13.9. The smallest absolute Gasteiger partial charge is 0.255 e. The van der Waals surface area contributed by atoms with E-state index in [2.05, 4.69) is 5.32 Å². The minimum atomic E-state index is -0.329. The molecular formula is C11H14Cl2N2O2. The van der Waals surface area contributed by atoms with Crippen LogP contribution in [0.5, 0.6) is 5.75 Å². The van der Waals surface area contributed by atoms with E-state index in [-0.39, 0.29) is 33.0 Å². The highest BCUT2D eigenvalue weighted by Crippen LogP contribution is 2.38. The van der Waals surface area contributed by atoms with E-state index in [0.717, 1.165) is 6.42 Å². The summed E-state index contributed by atoms with van der Waals surface area (Å²) in [6, 6.07) is 1.44.